The fourth-order valence-electron chi connectivity index (χ4n) is 14.1. The van der Waals surface area contributed by atoms with Crippen LogP contribution in [0.1, 0.15) is 188 Å². The average molecular weight is 1800 g/mol. The predicted octanol–water partition coefficient (Wildman–Crippen LogP) is -4.28. The molecule has 0 bridgehead atoms. The van der Waals surface area contributed by atoms with Crippen LogP contribution < -0.4 is 119 Å². The topological polar surface area (TPSA) is 762 Å². The zero-order valence-corrected chi connectivity index (χ0v) is 74.1. The Balaban J connectivity index is 1.66. The molecule has 3 aromatic rings. The maximum atomic E-state index is 15.2. The molecule has 16 amide bonds. The summed E-state index contributed by atoms with van der Waals surface area (Å²) >= 11 is 0. The monoisotopic (exact) mass is 1800 g/mol. The highest BCUT2D eigenvalue weighted by atomic mass is 16.3. The molecule has 0 radical (unpaired) electrons. The second-order valence-electron chi connectivity index (χ2n) is 33.6. The van der Waals surface area contributed by atoms with Crippen LogP contribution in [0, 0.1) is 39.9 Å². The highest BCUT2D eigenvalue weighted by Crippen LogP contribution is 2.30. The number of hydrogen-bond donors (Lipinski definition) is 28. The summed E-state index contributed by atoms with van der Waals surface area (Å²) in [6.45, 7) is 15.0. The highest BCUT2D eigenvalue weighted by Gasteiger charge is 2.46. The van der Waals surface area contributed by atoms with E-state index in [1.165, 1.54) is 68.0 Å². The van der Waals surface area contributed by atoms with Crippen LogP contribution in [-0.4, -0.2) is 230 Å². The van der Waals surface area contributed by atoms with Crippen LogP contribution in [0.25, 0.3) is 0 Å². The van der Waals surface area contributed by atoms with Gasteiger partial charge in [-0.3, -0.25) is 92.9 Å². The number of carbonyl (C=O) groups is 16. The number of nitrogens with zero attached hydrogens (tertiary/aromatic N) is 1. The maximum absolute atomic E-state index is 15.2. The Labute approximate surface area is 743 Å². The number of phenols is 2. The highest BCUT2D eigenvalue weighted by molar-refractivity contribution is 6.02. The van der Waals surface area contributed by atoms with Gasteiger partial charge in [-0.15, -0.1) is 0 Å². The lowest BCUT2D eigenvalue weighted by molar-refractivity contribution is -0.140. The van der Waals surface area contributed by atoms with E-state index in [4.69, 9.17) is 50.6 Å². The fraction of sp³-hybridized carbons (Fsp3) is 0.590. The number of aromatic amines is 1. The van der Waals surface area contributed by atoms with Crippen LogP contribution in [0.2, 0.25) is 0 Å². The summed E-state index contributed by atoms with van der Waals surface area (Å²) in [6.07, 6.45) is 1.27. The molecular formula is C83H133N27O18. The number of nitrogens with two attached hydrogens (primary N) is 6. The van der Waals surface area contributed by atoms with Gasteiger partial charge in [0.15, 0.2) is 17.9 Å². The number of primary amides is 3. The van der Waals surface area contributed by atoms with Gasteiger partial charge < -0.3 is 135 Å². The number of imidazole rings is 1. The van der Waals surface area contributed by atoms with Crippen LogP contribution >= 0.6 is 0 Å². The van der Waals surface area contributed by atoms with Crippen molar-refractivity contribution in [3.05, 3.63) is 77.9 Å². The first-order chi connectivity index (χ1) is 60.2. The van der Waals surface area contributed by atoms with E-state index in [-0.39, 0.29) is 139 Å². The number of amides is 16. The van der Waals surface area contributed by atoms with Crippen LogP contribution in [0.5, 0.6) is 11.5 Å². The van der Waals surface area contributed by atoms with E-state index < -0.39 is 216 Å². The summed E-state index contributed by atoms with van der Waals surface area (Å²) in [5, 5.41) is 85.3. The third-order valence-electron chi connectivity index (χ3n) is 20.7. The number of phenolic OH excluding ortho intramolecular Hbond substituents is 2. The predicted molar refractivity (Wildman–Crippen MR) is 471 cm³/mol. The van der Waals surface area contributed by atoms with Gasteiger partial charge in [-0.1, -0.05) is 98.9 Å². The van der Waals surface area contributed by atoms with E-state index in [1.807, 2.05) is 13.8 Å². The molecule has 12 atom stereocenters. The molecule has 0 saturated heterocycles. The molecule has 1 heterocycles. The molecule has 34 N–H and O–H groups in total. The first-order valence-corrected chi connectivity index (χ1v) is 42.8. The molecule has 708 valence electrons. The molecule has 1 fully saturated rings. The number of guanidine groups is 3. The van der Waals surface area contributed by atoms with Crippen molar-refractivity contribution in [2.24, 2.45) is 58.1 Å². The number of hydrogen-bond acceptors (Lipinski definition) is 22. The van der Waals surface area contributed by atoms with E-state index in [2.05, 4.69) is 95.0 Å². The van der Waals surface area contributed by atoms with E-state index in [0.29, 0.717) is 36.1 Å². The lowest BCUT2D eigenvalue weighted by atomic mass is 9.80. The van der Waals surface area contributed by atoms with Gasteiger partial charge in [0.1, 0.15) is 89.5 Å². The Kier molecular flexibility index (Phi) is 44.9. The van der Waals surface area contributed by atoms with E-state index in [9.17, 15) is 77.3 Å². The van der Waals surface area contributed by atoms with Crippen molar-refractivity contribution in [2.45, 2.75) is 269 Å². The largest absolute Gasteiger partial charge is 0.508 e. The Hall–Kier alpha value is -13.4. The molecule has 1 aliphatic rings. The van der Waals surface area contributed by atoms with Gasteiger partial charge in [-0.2, -0.15) is 0 Å². The Bertz CT molecular complexity index is 4280. The summed E-state index contributed by atoms with van der Waals surface area (Å²) in [7, 11) is 0. The molecule has 45 nitrogen and oxygen atoms in total. The molecule has 128 heavy (non-hydrogen) atoms. The Morgan fingerprint density at radius 2 is 0.750 bits per heavy atom. The number of aromatic hydroxyl groups is 2. The van der Waals surface area contributed by atoms with Gasteiger partial charge in [0.2, 0.25) is 94.5 Å². The normalized spacial score (nSPS) is 15.0. The van der Waals surface area contributed by atoms with Crippen LogP contribution in [0.3, 0.4) is 0 Å². The molecular weight excluding hydrogens is 1660 g/mol. The minimum atomic E-state index is -1.85. The van der Waals surface area contributed by atoms with Crippen molar-refractivity contribution in [2.75, 3.05) is 19.6 Å². The zero-order valence-electron chi connectivity index (χ0n) is 74.1. The first kappa shape index (κ1) is 107. The SMILES string of the molecule is CC(=O)N[C@@H](CC(C)C)C(=O)N[C@@H](CCCNC(=N)N)C(=O)N[C@@H](Cc1cnc[nH]1)C(=O)N[C@@H](Cc1ccc(O)cc1)C(=O)N[C@@H](CC(C)C)C(=O)N[C@@H](CC(N)=O)C(=O)N[C@@H](CC(C)C)C(=O)N[C@H](C(=O)NC1(C(=O)N[C@@H](CCCNC(=N)N)C(=O)N[C@@H](CCC(N)=O)C(=O)N[C@@H](CCCNC(=N)N)C(=O)N[C@@H](Cc2ccc(O)cc2)C(N)=O)CCCCC1)C(C)C. The average Bonchev–Trinajstić information content (AvgIpc) is 0.810. The van der Waals surface area contributed by atoms with Crippen LogP contribution in [0.15, 0.2) is 61.1 Å². The number of H-pyrrole nitrogens is 1. The Morgan fingerprint density at radius 3 is 1.12 bits per heavy atom. The number of benzene rings is 2. The van der Waals surface area contributed by atoms with Crippen LogP contribution in [-0.2, 0) is 96.0 Å². The lowest BCUT2D eigenvalue weighted by Crippen LogP contribution is -2.66. The smallest absolute Gasteiger partial charge is 0.246 e. The molecule has 0 aliphatic heterocycles. The van der Waals surface area contributed by atoms with Gasteiger partial charge in [-0.05, 0) is 136 Å². The second-order valence-corrected chi connectivity index (χ2v) is 33.6. The van der Waals surface area contributed by atoms with Crippen molar-refractivity contribution in [3.63, 3.8) is 0 Å². The molecule has 4 rings (SSSR count). The van der Waals surface area contributed by atoms with Crippen LogP contribution in [0.4, 0.5) is 0 Å². The quantitative estimate of drug-likeness (QED) is 0.0144. The van der Waals surface area contributed by atoms with Gasteiger partial charge in [-0.25, -0.2) is 4.98 Å². The maximum Gasteiger partial charge on any atom is 0.246 e. The molecule has 1 saturated carbocycles. The van der Waals surface area contributed by atoms with Crippen molar-refractivity contribution in [3.8, 4) is 11.5 Å². The van der Waals surface area contributed by atoms with E-state index in [0.717, 1.165) is 0 Å². The fourth-order valence-corrected chi connectivity index (χ4v) is 14.1. The summed E-state index contributed by atoms with van der Waals surface area (Å²) < 4.78 is 0. The van der Waals surface area contributed by atoms with E-state index >= 15 is 9.59 Å². The summed E-state index contributed by atoms with van der Waals surface area (Å²) in [5.41, 5.74) is 33.0. The lowest BCUT2D eigenvalue weighted by Gasteiger charge is -2.39. The van der Waals surface area contributed by atoms with Gasteiger partial charge >= 0.3 is 0 Å². The van der Waals surface area contributed by atoms with Gasteiger partial charge in [0, 0.05) is 64.1 Å². The number of carbonyl (C=O) groups excluding carboxylic acids is 16. The van der Waals surface area contributed by atoms with Crippen molar-refractivity contribution in [1.82, 2.24) is 95.0 Å². The summed E-state index contributed by atoms with van der Waals surface area (Å²) in [5.74, 6) is -17.8. The number of nitrogens with one attached hydrogen (secondary N) is 20. The zero-order chi connectivity index (χ0) is 95.7. The van der Waals surface area contributed by atoms with Gasteiger partial charge in [0.05, 0.1) is 12.7 Å². The molecule has 45 heteroatoms. The van der Waals surface area contributed by atoms with Crippen molar-refractivity contribution in [1.29, 1.82) is 16.2 Å². The third-order valence-corrected chi connectivity index (χ3v) is 20.7. The molecule has 1 aromatic heterocycles. The summed E-state index contributed by atoms with van der Waals surface area (Å²) in [4.78, 5) is 233. The minimum absolute atomic E-state index is 0.00377. The van der Waals surface area contributed by atoms with E-state index in [1.54, 1.807) is 41.5 Å². The molecule has 1 aliphatic carbocycles. The molecule has 2 aromatic carbocycles. The first-order valence-electron chi connectivity index (χ1n) is 42.8. The minimum Gasteiger partial charge on any atom is -0.508 e. The second kappa shape index (κ2) is 53.8. The Morgan fingerprint density at radius 1 is 0.406 bits per heavy atom. The van der Waals surface area contributed by atoms with Crippen molar-refractivity contribution < 1.29 is 86.9 Å². The molecule has 0 spiro atoms. The summed E-state index contributed by atoms with van der Waals surface area (Å²) in [6, 6.07) is -6.69. The standard InChI is InChI=1S/C83H133N27O18/c1-43(2)34-58(98-47(9)111)72(121)100-54(17-14-32-95-81(89)90)69(118)106-62(39-50-41-93-42-97-50)75(124)105-61(38-49-21-25-52(113)26-22-49)74(123)103-59(35-44(3)4)73(122)107-63(40-65(85)115)76(125)104-60(36-45(5)6)77(126)109-66(46(7)8)78(127)110-83(29-11-10-12-30-83)79(128)108-55(18-15-33-96-82(91)92)70(119)101-56(27-28-64(84)114)71(120)99-53(16-13-31-94-80(87)88)68(117)102-57(67(86)116)37-48-19-23-51(112)24-20-48/h19-26,41-46,53-63,66,112-113H,10-18,27-40H2,1-9H3,(H2,84,114)(H2,85,115)(H2,86,116)(H,93,97)(H,98,111)(H,99,120)(H,100,121)(H,101,119)(H,102,117)(H,103,123)(H,104,125)(H,105,124)(H,106,118)(H,107,122)(H,108,128)(H,109,126)(H,110,127)(H4,87,88,94)(H4,89,90,95)(H4,91,92,96)/t53-,54-,55-,56-,57-,58-,59-,60-,61-,62-,63-,66-/m0/s1. The number of aromatic nitrogens is 2. The van der Waals surface area contributed by atoms with Crippen molar-refractivity contribution >= 4 is 112 Å². The molecule has 0 unspecified atom stereocenters. The number of rotatable bonds is 56. The third kappa shape index (κ3) is 39.4. The van der Waals surface area contributed by atoms with Gasteiger partial charge in [0.25, 0.3) is 0 Å².